The maximum atomic E-state index is 9.14. The van der Waals surface area contributed by atoms with Crippen molar-refractivity contribution in [2.45, 2.75) is 44.7 Å². The maximum absolute atomic E-state index is 9.14. The summed E-state index contributed by atoms with van der Waals surface area (Å²) in [6, 6.07) is 7.49. The van der Waals surface area contributed by atoms with Gasteiger partial charge in [-0.05, 0) is 71.6 Å². The van der Waals surface area contributed by atoms with Crippen molar-refractivity contribution in [3.8, 4) is 0 Å². The van der Waals surface area contributed by atoms with Crippen LogP contribution in [-0.4, -0.2) is 30.8 Å². The van der Waals surface area contributed by atoms with Crippen LogP contribution in [0.5, 0.6) is 0 Å². The second-order valence-electron chi connectivity index (χ2n) is 6.41. The molecule has 3 nitrogen and oxygen atoms in total. The highest BCUT2D eigenvalue weighted by molar-refractivity contribution is 9.10. The van der Waals surface area contributed by atoms with E-state index >= 15 is 0 Å². The Balaban J connectivity index is 1.63. The van der Waals surface area contributed by atoms with Gasteiger partial charge in [0.15, 0.2) is 0 Å². The van der Waals surface area contributed by atoms with Crippen molar-refractivity contribution < 1.29 is 5.11 Å². The van der Waals surface area contributed by atoms with Crippen LogP contribution in [0.1, 0.15) is 37.7 Å². The van der Waals surface area contributed by atoms with E-state index in [1.165, 1.54) is 41.4 Å². The molecule has 1 unspecified atom stereocenters. The normalized spacial score (nSPS) is 22.6. The lowest BCUT2D eigenvalue weighted by Crippen LogP contribution is -2.36. The zero-order chi connectivity index (χ0) is 14.7. The lowest BCUT2D eigenvalue weighted by Gasteiger charge is -2.35. The van der Waals surface area contributed by atoms with Gasteiger partial charge in [-0.15, -0.1) is 0 Å². The smallest absolute Gasteiger partial charge is 0.0510 e. The van der Waals surface area contributed by atoms with Gasteiger partial charge < -0.3 is 15.3 Å². The number of hydrogen-bond donors (Lipinski definition) is 2. The van der Waals surface area contributed by atoms with Gasteiger partial charge in [0.05, 0.1) is 5.69 Å². The summed E-state index contributed by atoms with van der Waals surface area (Å²) in [6.45, 7) is 3.47. The molecular formula is C17H25BrN2O. The maximum Gasteiger partial charge on any atom is 0.0510 e. The molecule has 0 amide bonds. The van der Waals surface area contributed by atoms with E-state index in [2.05, 4.69) is 44.3 Å². The van der Waals surface area contributed by atoms with Gasteiger partial charge in [0, 0.05) is 36.8 Å². The first-order valence-electron chi connectivity index (χ1n) is 8.14. The van der Waals surface area contributed by atoms with Crippen LogP contribution >= 0.6 is 15.9 Å². The van der Waals surface area contributed by atoms with Gasteiger partial charge >= 0.3 is 0 Å². The molecule has 21 heavy (non-hydrogen) atoms. The first kappa shape index (κ1) is 15.3. The average Bonchev–Trinajstić information content (AvgIpc) is 3.30. The third-order valence-electron chi connectivity index (χ3n) is 4.58. The van der Waals surface area contributed by atoms with E-state index in [1.54, 1.807) is 0 Å². The standard InChI is InChI=1S/C17H25BrN2O/c18-16-10-14(11-19-15-4-5-15)3-6-17(16)20-8-1-2-13(12-20)7-9-21/h3,6,10,13,15,19,21H,1-2,4-5,7-9,11-12H2. The molecule has 1 saturated carbocycles. The quantitative estimate of drug-likeness (QED) is 0.824. The predicted octanol–water partition coefficient (Wildman–Crippen LogP) is 3.30. The molecule has 2 fully saturated rings. The number of anilines is 1. The number of benzene rings is 1. The van der Waals surface area contributed by atoms with Crippen LogP contribution in [0.15, 0.2) is 22.7 Å². The van der Waals surface area contributed by atoms with Gasteiger partial charge in [-0.1, -0.05) is 6.07 Å². The number of aliphatic hydroxyl groups is 1. The summed E-state index contributed by atoms with van der Waals surface area (Å²) in [5.74, 6) is 0.631. The van der Waals surface area contributed by atoms with E-state index in [1.807, 2.05) is 0 Å². The molecule has 0 aromatic heterocycles. The van der Waals surface area contributed by atoms with Crippen molar-refractivity contribution in [3.05, 3.63) is 28.2 Å². The van der Waals surface area contributed by atoms with Crippen molar-refractivity contribution in [1.82, 2.24) is 5.32 Å². The molecule has 0 radical (unpaired) electrons. The van der Waals surface area contributed by atoms with Gasteiger partial charge in [-0.3, -0.25) is 0 Å². The Morgan fingerprint density at radius 3 is 2.86 bits per heavy atom. The molecule has 1 aliphatic carbocycles. The number of rotatable bonds is 6. The largest absolute Gasteiger partial charge is 0.396 e. The zero-order valence-corrected chi connectivity index (χ0v) is 14.1. The van der Waals surface area contributed by atoms with Crippen molar-refractivity contribution >= 4 is 21.6 Å². The third-order valence-corrected chi connectivity index (χ3v) is 5.22. The second-order valence-corrected chi connectivity index (χ2v) is 7.26. The molecular weight excluding hydrogens is 328 g/mol. The van der Waals surface area contributed by atoms with Crippen LogP contribution in [0.3, 0.4) is 0 Å². The molecule has 1 aromatic rings. The summed E-state index contributed by atoms with van der Waals surface area (Å²) in [7, 11) is 0. The predicted molar refractivity (Wildman–Crippen MR) is 90.6 cm³/mol. The monoisotopic (exact) mass is 352 g/mol. The minimum Gasteiger partial charge on any atom is -0.396 e. The van der Waals surface area contributed by atoms with Crippen LogP contribution in [0, 0.1) is 5.92 Å². The summed E-state index contributed by atoms with van der Waals surface area (Å²) < 4.78 is 1.20. The third kappa shape index (κ3) is 4.21. The van der Waals surface area contributed by atoms with Crippen LogP contribution in [-0.2, 0) is 6.54 Å². The Morgan fingerprint density at radius 2 is 2.14 bits per heavy atom. The fourth-order valence-corrected chi connectivity index (χ4v) is 3.85. The van der Waals surface area contributed by atoms with Crippen molar-refractivity contribution in [2.75, 3.05) is 24.6 Å². The van der Waals surface area contributed by atoms with E-state index in [4.69, 9.17) is 5.11 Å². The molecule has 116 valence electrons. The van der Waals surface area contributed by atoms with Crippen molar-refractivity contribution in [3.63, 3.8) is 0 Å². The van der Waals surface area contributed by atoms with Crippen LogP contribution < -0.4 is 10.2 Å². The lowest BCUT2D eigenvalue weighted by atomic mass is 9.94. The van der Waals surface area contributed by atoms with E-state index < -0.39 is 0 Å². The molecule has 0 spiro atoms. The Hall–Kier alpha value is -0.580. The minimum atomic E-state index is 0.311. The topological polar surface area (TPSA) is 35.5 Å². The second kappa shape index (κ2) is 7.12. The SMILES string of the molecule is OCCC1CCCN(c2ccc(CNC3CC3)cc2Br)C1. The zero-order valence-electron chi connectivity index (χ0n) is 12.5. The minimum absolute atomic E-state index is 0.311. The number of nitrogens with zero attached hydrogens (tertiary/aromatic N) is 1. The fourth-order valence-electron chi connectivity index (χ4n) is 3.17. The van der Waals surface area contributed by atoms with Gasteiger partial charge in [0.1, 0.15) is 0 Å². The number of nitrogens with one attached hydrogen (secondary N) is 1. The lowest BCUT2D eigenvalue weighted by molar-refractivity contribution is 0.244. The van der Waals surface area contributed by atoms with E-state index in [0.717, 1.165) is 32.1 Å². The van der Waals surface area contributed by atoms with Crippen LogP contribution in [0.2, 0.25) is 0 Å². The molecule has 2 aliphatic rings. The van der Waals surface area contributed by atoms with Gasteiger partial charge in [-0.2, -0.15) is 0 Å². The first-order chi connectivity index (χ1) is 10.3. The van der Waals surface area contributed by atoms with E-state index in [9.17, 15) is 0 Å². The highest BCUT2D eigenvalue weighted by Gasteiger charge is 2.22. The number of hydrogen-bond acceptors (Lipinski definition) is 3. The van der Waals surface area contributed by atoms with Crippen molar-refractivity contribution in [1.29, 1.82) is 0 Å². The molecule has 1 aromatic carbocycles. The van der Waals surface area contributed by atoms with Gasteiger partial charge in [0.2, 0.25) is 0 Å². The molecule has 1 heterocycles. The Labute approximate surface area is 135 Å². The summed E-state index contributed by atoms with van der Waals surface area (Å²) in [5.41, 5.74) is 2.65. The highest BCUT2D eigenvalue weighted by Crippen LogP contribution is 2.32. The Morgan fingerprint density at radius 1 is 1.29 bits per heavy atom. The summed E-state index contributed by atoms with van der Waals surface area (Å²) in [4.78, 5) is 2.46. The molecule has 1 saturated heterocycles. The Bertz CT molecular complexity index is 474. The first-order valence-corrected chi connectivity index (χ1v) is 8.93. The molecule has 1 atom stereocenters. The van der Waals surface area contributed by atoms with E-state index in [-0.39, 0.29) is 0 Å². The average molecular weight is 353 g/mol. The highest BCUT2D eigenvalue weighted by atomic mass is 79.9. The number of halogens is 1. The van der Waals surface area contributed by atoms with Gasteiger partial charge in [0.25, 0.3) is 0 Å². The molecule has 4 heteroatoms. The number of piperidine rings is 1. The fraction of sp³-hybridized carbons (Fsp3) is 0.647. The molecule has 0 bridgehead atoms. The van der Waals surface area contributed by atoms with E-state index in [0.29, 0.717) is 12.5 Å². The molecule has 3 rings (SSSR count). The molecule has 2 N–H and O–H groups in total. The summed E-state index contributed by atoms with van der Waals surface area (Å²) in [5, 5.41) is 12.7. The summed E-state index contributed by atoms with van der Waals surface area (Å²) >= 11 is 3.75. The van der Waals surface area contributed by atoms with Gasteiger partial charge in [-0.25, -0.2) is 0 Å². The van der Waals surface area contributed by atoms with Crippen molar-refractivity contribution in [2.24, 2.45) is 5.92 Å². The Kier molecular flexibility index (Phi) is 5.19. The number of aliphatic hydroxyl groups excluding tert-OH is 1. The van der Waals surface area contributed by atoms with Crippen LogP contribution in [0.4, 0.5) is 5.69 Å². The molecule has 1 aliphatic heterocycles. The van der Waals surface area contributed by atoms with Crippen LogP contribution in [0.25, 0.3) is 0 Å². The summed E-state index contributed by atoms with van der Waals surface area (Å²) in [6.07, 6.45) is 6.07.